The van der Waals surface area contributed by atoms with Gasteiger partial charge in [0.1, 0.15) is 0 Å². The Morgan fingerprint density at radius 3 is 2.67 bits per heavy atom. The lowest BCUT2D eigenvalue weighted by atomic mass is 10.1. The molecule has 0 atom stereocenters. The topological polar surface area (TPSA) is 15.3 Å². The molecule has 1 rings (SSSR count). The second-order valence-electron chi connectivity index (χ2n) is 4.72. The maximum absolute atomic E-state index is 3.98. The molecule has 0 aromatic heterocycles. The van der Waals surface area contributed by atoms with Crippen LogP contribution in [0.3, 0.4) is 0 Å². The summed E-state index contributed by atoms with van der Waals surface area (Å²) in [5.41, 5.74) is 3.84. The van der Waals surface area contributed by atoms with Crippen molar-refractivity contribution in [2.24, 2.45) is 0 Å². The monoisotopic (exact) mass is 310 g/mol. The lowest BCUT2D eigenvalue weighted by Gasteiger charge is -2.21. The average molecular weight is 311 g/mol. The molecule has 2 nitrogen and oxygen atoms in total. The Balaban J connectivity index is 2.74. The summed E-state index contributed by atoms with van der Waals surface area (Å²) in [6.45, 7) is 12.1. The van der Waals surface area contributed by atoms with E-state index in [0.29, 0.717) is 0 Å². The predicted octanol–water partition coefficient (Wildman–Crippen LogP) is 3.57. The SMILES string of the molecule is C=C(C)CN(CC)Cc1ccc(CNC)cc1Br. The second kappa shape index (κ2) is 7.72. The van der Waals surface area contributed by atoms with E-state index in [4.69, 9.17) is 0 Å². The van der Waals surface area contributed by atoms with Gasteiger partial charge in [0, 0.05) is 24.1 Å². The van der Waals surface area contributed by atoms with E-state index in [9.17, 15) is 0 Å². The van der Waals surface area contributed by atoms with Crippen molar-refractivity contribution in [1.29, 1.82) is 0 Å². The van der Waals surface area contributed by atoms with E-state index in [-0.39, 0.29) is 0 Å². The Bertz CT molecular complexity index is 401. The third kappa shape index (κ3) is 4.92. The number of likely N-dealkylation sites (N-methyl/N-ethyl adjacent to an activating group) is 1. The molecule has 0 aliphatic heterocycles. The van der Waals surface area contributed by atoms with Gasteiger partial charge < -0.3 is 5.32 Å². The summed E-state index contributed by atoms with van der Waals surface area (Å²) in [5.74, 6) is 0. The zero-order valence-electron chi connectivity index (χ0n) is 11.6. The molecule has 3 heteroatoms. The number of nitrogens with one attached hydrogen (secondary N) is 1. The first kappa shape index (κ1) is 15.4. The van der Waals surface area contributed by atoms with Crippen LogP contribution in [0.2, 0.25) is 0 Å². The van der Waals surface area contributed by atoms with Crippen LogP contribution >= 0.6 is 15.9 Å². The first-order chi connectivity index (χ1) is 8.56. The summed E-state index contributed by atoms with van der Waals surface area (Å²) in [6, 6.07) is 6.59. The average Bonchev–Trinajstić information content (AvgIpc) is 2.31. The molecule has 0 aliphatic carbocycles. The highest BCUT2D eigenvalue weighted by atomic mass is 79.9. The Labute approximate surface area is 119 Å². The Morgan fingerprint density at radius 2 is 2.17 bits per heavy atom. The van der Waals surface area contributed by atoms with Crippen LogP contribution in [0.4, 0.5) is 0 Å². The summed E-state index contributed by atoms with van der Waals surface area (Å²) in [7, 11) is 1.97. The van der Waals surface area contributed by atoms with Crippen LogP contribution in [0.25, 0.3) is 0 Å². The summed E-state index contributed by atoms with van der Waals surface area (Å²) < 4.78 is 1.19. The third-order valence-electron chi connectivity index (χ3n) is 2.83. The molecule has 0 saturated heterocycles. The van der Waals surface area contributed by atoms with Gasteiger partial charge >= 0.3 is 0 Å². The predicted molar refractivity (Wildman–Crippen MR) is 82.7 cm³/mol. The molecule has 0 radical (unpaired) electrons. The highest BCUT2D eigenvalue weighted by molar-refractivity contribution is 9.10. The molecule has 0 bridgehead atoms. The van der Waals surface area contributed by atoms with Crippen molar-refractivity contribution in [3.8, 4) is 0 Å². The van der Waals surface area contributed by atoms with Gasteiger partial charge in [-0.3, -0.25) is 4.90 Å². The van der Waals surface area contributed by atoms with Crippen LogP contribution in [-0.4, -0.2) is 25.0 Å². The zero-order valence-corrected chi connectivity index (χ0v) is 13.2. The van der Waals surface area contributed by atoms with Crippen LogP contribution in [0.1, 0.15) is 25.0 Å². The van der Waals surface area contributed by atoms with Gasteiger partial charge in [0.05, 0.1) is 0 Å². The van der Waals surface area contributed by atoms with Gasteiger partial charge in [-0.05, 0) is 37.7 Å². The molecule has 0 amide bonds. The summed E-state index contributed by atoms with van der Waals surface area (Å²) >= 11 is 3.66. The van der Waals surface area contributed by atoms with E-state index in [1.807, 2.05) is 7.05 Å². The maximum Gasteiger partial charge on any atom is 0.0248 e. The van der Waals surface area contributed by atoms with E-state index >= 15 is 0 Å². The molecule has 1 aromatic rings. The van der Waals surface area contributed by atoms with Crippen molar-refractivity contribution in [2.75, 3.05) is 20.1 Å². The lowest BCUT2D eigenvalue weighted by molar-refractivity contribution is 0.304. The van der Waals surface area contributed by atoms with Gasteiger partial charge in [0.25, 0.3) is 0 Å². The van der Waals surface area contributed by atoms with Crippen molar-refractivity contribution in [2.45, 2.75) is 26.9 Å². The van der Waals surface area contributed by atoms with Gasteiger partial charge in [-0.2, -0.15) is 0 Å². The minimum atomic E-state index is 0.905. The maximum atomic E-state index is 3.98. The summed E-state index contributed by atoms with van der Waals surface area (Å²) in [5, 5.41) is 3.17. The fourth-order valence-electron chi connectivity index (χ4n) is 1.94. The molecule has 0 fully saturated rings. The molecular formula is C15H23BrN2. The van der Waals surface area contributed by atoms with Gasteiger partial charge in [0.2, 0.25) is 0 Å². The smallest absolute Gasteiger partial charge is 0.0248 e. The van der Waals surface area contributed by atoms with Crippen molar-refractivity contribution in [3.63, 3.8) is 0 Å². The Kier molecular flexibility index (Phi) is 6.61. The summed E-state index contributed by atoms with van der Waals surface area (Å²) in [6.07, 6.45) is 0. The highest BCUT2D eigenvalue weighted by Gasteiger charge is 2.07. The quantitative estimate of drug-likeness (QED) is 0.775. The number of halogens is 1. The van der Waals surface area contributed by atoms with Crippen LogP contribution in [0, 0.1) is 0 Å². The molecule has 100 valence electrons. The van der Waals surface area contributed by atoms with Crippen molar-refractivity contribution in [1.82, 2.24) is 10.2 Å². The van der Waals surface area contributed by atoms with E-state index in [1.54, 1.807) is 0 Å². The van der Waals surface area contributed by atoms with Crippen molar-refractivity contribution >= 4 is 15.9 Å². The lowest BCUT2D eigenvalue weighted by Crippen LogP contribution is -2.24. The molecule has 0 heterocycles. The molecule has 0 saturated carbocycles. The first-order valence-corrected chi connectivity index (χ1v) is 7.14. The van der Waals surface area contributed by atoms with Crippen LogP contribution in [0.5, 0.6) is 0 Å². The largest absolute Gasteiger partial charge is 0.316 e. The minimum absolute atomic E-state index is 0.905. The third-order valence-corrected chi connectivity index (χ3v) is 3.57. The van der Waals surface area contributed by atoms with Gasteiger partial charge in [-0.1, -0.05) is 47.1 Å². The molecule has 0 unspecified atom stereocenters. The van der Waals surface area contributed by atoms with E-state index in [0.717, 1.165) is 26.2 Å². The molecule has 0 spiro atoms. The summed E-state index contributed by atoms with van der Waals surface area (Å²) in [4.78, 5) is 2.39. The molecule has 0 aliphatic rings. The van der Waals surface area contributed by atoms with Crippen LogP contribution in [0.15, 0.2) is 34.8 Å². The highest BCUT2D eigenvalue weighted by Crippen LogP contribution is 2.20. The molecule has 18 heavy (non-hydrogen) atoms. The Morgan fingerprint density at radius 1 is 1.44 bits per heavy atom. The number of benzene rings is 1. The van der Waals surface area contributed by atoms with Gasteiger partial charge in [-0.25, -0.2) is 0 Å². The number of nitrogens with zero attached hydrogens (tertiary/aromatic N) is 1. The van der Waals surface area contributed by atoms with Crippen LogP contribution in [-0.2, 0) is 13.1 Å². The standard InChI is InChI=1S/C15H23BrN2/c1-5-18(10-12(2)3)11-14-7-6-13(9-17-4)8-15(14)16/h6-8,17H,2,5,9-11H2,1,3-4H3. The normalized spacial score (nSPS) is 10.9. The number of hydrogen-bond donors (Lipinski definition) is 1. The minimum Gasteiger partial charge on any atom is -0.316 e. The van der Waals surface area contributed by atoms with Crippen molar-refractivity contribution < 1.29 is 0 Å². The molecule has 1 N–H and O–H groups in total. The van der Waals surface area contributed by atoms with E-state index < -0.39 is 0 Å². The van der Waals surface area contributed by atoms with E-state index in [1.165, 1.54) is 21.2 Å². The van der Waals surface area contributed by atoms with E-state index in [2.05, 4.69) is 64.8 Å². The molecular weight excluding hydrogens is 288 g/mol. The zero-order chi connectivity index (χ0) is 13.5. The van der Waals surface area contributed by atoms with Gasteiger partial charge in [-0.15, -0.1) is 0 Å². The fourth-order valence-corrected chi connectivity index (χ4v) is 2.49. The first-order valence-electron chi connectivity index (χ1n) is 6.35. The Hall–Kier alpha value is -0.640. The second-order valence-corrected chi connectivity index (χ2v) is 5.57. The fraction of sp³-hybridized carbons (Fsp3) is 0.467. The number of hydrogen-bond acceptors (Lipinski definition) is 2. The number of rotatable bonds is 7. The van der Waals surface area contributed by atoms with Crippen molar-refractivity contribution in [3.05, 3.63) is 46.0 Å². The van der Waals surface area contributed by atoms with Crippen LogP contribution < -0.4 is 5.32 Å². The van der Waals surface area contributed by atoms with Gasteiger partial charge in [0.15, 0.2) is 0 Å². The molecule has 1 aromatic carbocycles.